The Balaban J connectivity index is 2.24. The maximum Gasteiger partial charge on any atom is 0.198 e. The van der Waals surface area contributed by atoms with E-state index in [0.717, 1.165) is 0 Å². The number of carbonyl (C=O) groups is 2. The second-order valence-electron chi connectivity index (χ2n) is 4.84. The number of anilines is 1. The molecule has 0 radical (unpaired) electrons. The molecule has 0 heterocycles. The number of nitrogen functional groups attached to an aromatic ring is 1. The fourth-order valence-electron chi connectivity index (χ4n) is 2.55. The lowest BCUT2D eigenvalue weighted by atomic mass is 9.82. The van der Waals surface area contributed by atoms with Crippen molar-refractivity contribution >= 4 is 17.3 Å². The van der Waals surface area contributed by atoms with Crippen molar-refractivity contribution in [2.75, 3.05) is 18.9 Å². The number of phenolic OH excluding ortho intramolecular Hbond substituents is 1. The monoisotopic (exact) mass is 299 g/mol. The first kappa shape index (κ1) is 14.1. The standard InChI is InChI=1S/C16H13NO5/c17-10-7-11(22-6-5-18)16(21)13-12(10)14(19)8-3-1-2-4-9(8)15(13)20/h1-4,7,18,21H,5-6,17H2. The van der Waals surface area contributed by atoms with E-state index >= 15 is 0 Å². The number of ether oxygens (including phenoxy) is 1. The van der Waals surface area contributed by atoms with Crippen LogP contribution in [0, 0.1) is 0 Å². The maximum atomic E-state index is 12.6. The third-order valence-electron chi connectivity index (χ3n) is 3.51. The number of nitrogens with two attached hydrogens (primary N) is 1. The van der Waals surface area contributed by atoms with Gasteiger partial charge in [-0.25, -0.2) is 0 Å². The van der Waals surface area contributed by atoms with Crippen LogP contribution in [0.5, 0.6) is 11.5 Å². The number of rotatable bonds is 3. The van der Waals surface area contributed by atoms with E-state index in [1.807, 2.05) is 0 Å². The molecular formula is C16H13NO5. The highest BCUT2D eigenvalue weighted by molar-refractivity contribution is 6.31. The third kappa shape index (κ3) is 1.93. The lowest BCUT2D eigenvalue weighted by Gasteiger charge is -2.21. The van der Waals surface area contributed by atoms with E-state index < -0.39 is 17.3 Å². The summed E-state index contributed by atoms with van der Waals surface area (Å²) in [7, 11) is 0. The van der Waals surface area contributed by atoms with Gasteiger partial charge in [0.05, 0.1) is 17.7 Å². The number of carbonyl (C=O) groups excluding carboxylic acids is 2. The van der Waals surface area contributed by atoms with Crippen LogP contribution in [0.25, 0.3) is 0 Å². The van der Waals surface area contributed by atoms with Crippen LogP contribution >= 0.6 is 0 Å². The molecule has 112 valence electrons. The molecule has 4 N–H and O–H groups in total. The van der Waals surface area contributed by atoms with Crippen molar-refractivity contribution < 1.29 is 24.5 Å². The third-order valence-corrected chi connectivity index (χ3v) is 3.51. The zero-order chi connectivity index (χ0) is 15.9. The van der Waals surface area contributed by atoms with Crippen molar-refractivity contribution in [1.82, 2.24) is 0 Å². The summed E-state index contributed by atoms with van der Waals surface area (Å²) < 4.78 is 5.16. The minimum atomic E-state index is -0.483. The lowest BCUT2D eigenvalue weighted by Crippen LogP contribution is -2.22. The Hall–Kier alpha value is -2.86. The van der Waals surface area contributed by atoms with E-state index in [1.165, 1.54) is 12.1 Å². The van der Waals surface area contributed by atoms with E-state index in [4.69, 9.17) is 15.6 Å². The number of benzene rings is 2. The average Bonchev–Trinajstić information content (AvgIpc) is 2.53. The first-order chi connectivity index (χ1) is 10.6. The Morgan fingerprint density at radius 1 is 1.05 bits per heavy atom. The predicted molar refractivity (Wildman–Crippen MR) is 78.4 cm³/mol. The van der Waals surface area contributed by atoms with Crippen molar-refractivity contribution in [3.05, 3.63) is 52.6 Å². The van der Waals surface area contributed by atoms with Crippen LogP contribution in [0.4, 0.5) is 5.69 Å². The number of fused-ring (bicyclic) bond motifs is 2. The van der Waals surface area contributed by atoms with Gasteiger partial charge in [-0.2, -0.15) is 0 Å². The molecule has 1 aliphatic carbocycles. The minimum Gasteiger partial charge on any atom is -0.504 e. The Morgan fingerprint density at radius 3 is 2.23 bits per heavy atom. The van der Waals surface area contributed by atoms with Crippen LogP contribution in [-0.4, -0.2) is 35.0 Å². The smallest absolute Gasteiger partial charge is 0.198 e. The summed E-state index contributed by atoms with van der Waals surface area (Å²) in [6, 6.07) is 7.65. The molecule has 0 aromatic heterocycles. The van der Waals surface area contributed by atoms with Crippen LogP contribution in [-0.2, 0) is 0 Å². The second-order valence-corrected chi connectivity index (χ2v) is 4.84. The van der Waals surface area contributed by atoms with E-state index in [0.29, 0.717) is 0 Å². The predicted octanol–water partition coefficient (Wildman–Crippen LogP) is 1.12. The first-order valence-electron chi connectivity index (χ1n) is 6.63. The van der Waals surface area contributed by atoms with Crippen LogP contribution in [0.3, 0.4) is 0 Å². The summed E-state index contributed by atoms with van der Waals surface area (Å²) in [6.07, 6.45) is 0. The molecule has 6 nitrogen and oxygen atoms in total. The van der Waals surface area contributed by atoms with Gasteiger partial charge in [-0.3, -0.25) is 9.59 Å². The average molecular weight is 299 g/mol. The summed E-state index contributed by atoms with van der Waals surface area (Å²) in [5.74, 6) is -1.37. The van der Waals surface area contributed by atoms with Crippen molar-refractivity contribution in [3.63, 3.8) is 0 Å². The second kappa shape index (κ2) is 5.16. The molecule has 0 amide bonds. The van der Waals surface area contributed by atoms with Gasteiger partial charge < -0.3 is 20.7 Å². The van der Waals surface area contributed by atoms with Crippen molar-refractivity contribution in [2.45, 2.75) is 0 Å². The van der Waals surface area contributed by atoms with Crippen molar-refractivity contribution in [2.24, 2.45) is 0 Å². The number of ketones is 2. The molecule has 0 unspecified atom stereocenters. The molecule has 0 atom stereocenters. The van der Waals surface area contributed by atoms with Gasteiger partial charge in [0.1, 0.15) is 6.61 Å². The number of aromatic hydroxyl groups is 1. The molecule has 0 aliphatic heterocycles. The zero-order valence-electron chi connectivity index (χ0n) is 11.5. The number of aliphatic hydroxyl groups excluding tert-OH is 1. The molecule has 6 heteroatoms. The number of hydrogen-bond acceptors (Lipinski definition) is 6. The molecule has 3 rings (SSSR count). The molecule has 1 aliphatic rings. The SMILES string of the molecule is Nc1cc(OCCO)c(O)c2c1C(=O)c1ccccc1C2=O. The Labute approximate surface area is 125 Å². The quantitative estimate of drug-likeness (QED) is 0.494. The minimum absolute atomic E-state index is 0.0162. The van der Waals surface area contributed by atoms with Crippen LogP contribution in [0.15, 0.2) is 30.3 Å². The van der Waals surface area contributed by atoms with Gasteiger partial charge in [-0.15, -0.1) is 0 Å². The summed E-state index contributed by atoms with van der Waals surface area (Å²) in [6.45, 7) is -0.323. The summed E-state index contributed by atoms with van der Waals surface area (Å²) in [4.78, 5) is 25.1. The molecule has 0 saturated carbocycles. The molecular weight excluding hydrogens is 286 g/mol. The maximum absolute atomic E-state index is 12.6. The molecule has 0 fully saturated rings. The fourth-order valence-corrected chi connectivity index (χ4v) is 2.55. The van der Waals surface area contributed by atoms with Gasteiger partial charge in [-0.1, -0.05) is 24.3 Å². The Kier molecular flexibility index (Phi) is 3.30. The summed E-state index contributed by atoms with van der Waals surface area (Å²) in [5.41, 5.74) is 6.22. The van der Waals surface area contributed by atoms with E-state index in [1.54, 1.807) is 18.2 Å². The van der Waals surface area contributed by atoms with E-state index in [2.05, 4.69) is 0 Å². The molecule has 2 aromatic rings. The van der Waals surface area contributed by atoms with Crippen molar-refractivity contribution in [3.8, 4) is 11.5 Å². The molecule has 0 bridgehead atoms. The van der Waals surface area contributed by atoms with Crippen molar-refractivity contribution in [1.29, 1.82) is 0 Å². The van der Waals surface area contributed by atoms with Crippen LogP contribution < -0.4 is 10.5 Å². The Morgan fingerprint density at radius 2 is 1.64 bits per heavy atom. The lowest BCUT2D eigenvalue weighted by molar-refractivity contribution is 0.0976. The largest absolute Gasteiger partial charge is 0.504 e. The normalized spacial score (nSPS) is 12.8. The van der Waals surface area contributed by atoms with Gasteiger partial charge in [0.2, 0.25) is 0 Å². The fraction of sp³-hybridized carbons (Fsp3) is 0.125. The zero-order valence-corrected chi connectivity index (χ0v) is 11.5. The molecule has 22 heavy (non-hydrogen) atoms. The van der Waals surface area contributed by atoms with Gasteiger partial charge in [-0.05, 0) is 0 Å². The van der Waals surface area contributed by atoms with Gasteiger partial charge in [0, 0.05) is 22.9 Å². The Bertz CT molecular complexity index is 797. The molecule has 0 saturated heterocycles. The first-order valence-corrected chi connectivity index (χ1v) is 6.63. The highest BCUT2D eigenvalue weighted by Gasteiger charge is 2.35. The number of hydrogen-bond donors (Lipinski definition) is 3. The highest BCUT2D eigenvalue weighted by atomic mass is 16.5. The van der Waals surface area contributed by atoms with Gasteiger partial charge in [0.15, 0.2) is 23.1 Å². The van der Waals surface area contributed by atoms with Crippen LogP contribution in [0.1, 0.15) is 31.8 Å². The number of aliphatic hydroxyl groups is 1. The van der Waals surface area contributed by atoms with Gasteiger partial charge >= 0.3 is 0 Å². The van der Waals surface area contributed by atoms with Gasteiger partial charge in [0.25, 0.3) is 0 Å². The van der Waals surface area contributed by atoms with E-state index in [9.17, 15) is 14.7 Å². The van der Waals surface area contributed by atoms with Crippen LogP contribution in [0.2, 0.25) is 0 Å². The summed E-state index contributed by atoms with van der Waals surface area (Å²) >= 11 is 0. The molecule has 0 spiro atoms. The number of phenols is 1. The van der Waals surface area contributed by atoms with E-state index in [-0.39, 0.29) is 46.9 Å². The molecule has 2 aromatic carbocycles. The topological polar surface area (TPSA) is 110 Å². The highest BCUT2D eigenvalue weighted by Crippen LogP contribution is 2.41. The summed E-state index contributed by atoms with van der Waals surface area (Å²) in [5, 5.41) is 19.1.